The Bertz CT molecular complexity index is 2650. The summed E-state index contributed by atoms with van der Waals surface area (Å²) in [5, 5.41) is 11.1. The molecule has 252 valence electrons. The molecule has 53 heavy (non-hydrogen) atoms. The number of anilines is 3. The molecule has 0 saturated carbocycles. The number of benzene rings is 7. The van der Waals surface area contributed by atoms with Crippen molar-refractivity contribution in [3.05, 3.63) is 210 Å². The summed E-state index contributed by atoms with van der Waals surface area (Å²) in [5.74, 6) is 0. The van der Waals surface area contributed by atoms with E-state index in [0.717, 1.165) is 61.5 Å². The van der Waals surface area contributed by atoms with E-state index < -0.39 is 0 Å². The van der Waals surface area contributed by atoms with Crippen molar-refractivity contribution >= 4 is 50.1 Å². The van der Waals surface area contributed by atoms with Crippen molar-refractivity contribution in [1.82, 2.24) is 10.3 Å². The van der Waals surface area contributed by atoms with Crippen LogP contribution < -0.4 is 15.5 Å². The standard InChI is InChI=1S/C48H35N5/c1-4-13-34(14-5-1)42-31-43(51-47(50-42)36-15-6-2-7-16-36)35-26-22-32(23-27-35)33-24-28-37(29-25-33)48-52-45-40-20-11-10-19-39(40)44-41(21-12-30-49-44)46(45)53(48)38-17-8-3-9-18-38/h1-31,47-48,51-52H. The topological polar surface area (TPSA) is 52.6 Å². The van der Waals surface area contributed by atoms with Gasteiger partial charge in [0.2, 0.25) is 0 Å². The first-order chi connectivity index (χ1) is 26.3. The number of pyridine rings is 1. The van der Waals surface area contributed by atoms with Crippen LogP contribution in [0.25, 0.3) is 38.5 Å². The summed E-state index contributed by atoms with van der Waals surface area (Å²) < 4.78 is 0. The van der Waals surface area contributed by atoms with E-state index in [1.165, 1.54) is 22.1 Å². The third kappa shape index (κ3) is 5.51. The Balaban J connectivity index is 0.978. The molecule has 3 heterocycles. The van der Waals surface area contributed by atoms with Crippen molar-refractivity contribution in [3.8, 4) is 11.1 Å². The molecule has 2 aliphatic heterocycles. The highest BCUT2D eigenvalue weighted by molar-refractivity contribution is 6.21. The molecule has 2 unspecified atom stereocenters. The predicted molar refractivity (Wildman–Crippen MR) is 219 cm³/mol. The summed E-state index contributed by atoms with van der Waals surface area (Å²) in [7, 11) is 0. The van der Waals surface area contributed by atoms with Gasteiger partial charge in [0, 0.05) is 33.7 Å². The number of para-hydroxylation sites is 1. The van der Waals surface area contributed by atoms with Crippen molar-refractivity contribution < 1.29 is 0 Å². The lowest BCUT2D eigenvalue weighted by Crippen LogP contribution is -2.24. The number of nitrogens with one attached hydrogen (secondary N) is 2. The molecule has 2 N–H and O–H groups in total. The lowest BCUT2D eigenvalue weighted by Gasteiger charge is -2.28. The zero-order chi connectivity index (χ0) is 35.1. The maximum Gasteiger partial charge on any atom is 0.145 e. The predicted octanol–water partition coefficient (Wildman–Crippen LogP) is 11.4. The molecule has 8 aromatic rings. The lowest BCUT2D eigenvalue weighted by atomic mass is 9.98. The molecule has 10 rings (SSSR count). The van der Waals surface area contributed by atoms with Crippen LogP contribution in [0.2, 0.25) is 0 Å². The molecule has 0 saturated heterocycles. The van der Waals surface area contributed by atoms with Crippen molar-refractivity contribution in [2.45, 2.75) is 12.3 Å². The Labute approximate surface area is 308 Å². The van der Waals surface area contributed by atoms with Gasteiger partial charge in [-0.25, -0.2) is 0 Å². The van der Waals surface area contributed by atoms with Gasteiger partial charge in [-0.1, -0.05) is 152 Å². The van der Waals surface area contributed by atoms with Gasteiger partial charge in [0.15, 0.2) is 0 Å². The minimum atomic E-state index is -0.170. The van der Waals surface area contributed by atoms with Gasteiger partial charge in [0.25, 0.3) is 0 Å². The van der Waals surface area contributed by atoms with Gasteiger partial charge >= 0.3 is 0 Å². The van der Waals surface area contributed by atoms with Gasteiger partial charge < -0.3 is 15.5 Å². The first kappa shape index (κ1) is 30.8. The fourth-order valence-corrected chi connectivity index (χ4v) is 7.77. The van der Waals surface area contributed by atoms with E-state index in [0.29, 0.717) is 0 Å². The molecule has 2 aliphatic rings. The Kier molecular flexibility index (Phi) is 7.54. The van der Waals surface area contributed by atoms with Crippen LogP contribution in [-0.4, -0.2) is 10.7 Å². The summed E-state index contributed by atoms with van der Waals surface area (Å²) in [6.45, 7) is 0. The highest BCUT2D eigenvalue weighted by atomic mass is 15.3. The molecule has 0 bridgehead atoms. The molecule has 0 amide bonds. The molecule has 0 radical (unpaired) electrons. The molecule has 0 aliphatic carbocycles. The van der Waals surface area contributed by atoms with Crippen LogP contribution >= 0.6 is 0 Å². The van der Waals surface area contributed by atoms with Crippen LogP contribution in [0.3, 0.4) is 0 Å². The fraction of sp³-hybridized carbons (Fsp3) is 0.0417. The summed E-state index contributed by atoms with van der Waals surface area (Å²) in [5.41, 5.74) is 13.3. The molecule has 1 aromatic heterocycles. The minimum absolute atomic E-state index is 0.0969. The molecule has 0 fully saturated rings. The maximum absolute atomic E-state index is 5.09. The Hall–Kier alpha value is -6.98. The van der Waals surface area contributed by atoms with Crippen LogP contribution in [0.4, 0.5) is 17.1 Å². The summed E-state index contributed by atoms with van der Waals surface area (Å²) in [6, 6.07) is 62.1. The number of nitrogens with zero attached hydrogens (tertiary/aromatic N) is 3. The minimum Gasteiger partial charge on any atom is -0.360 e. The van der Waals surface area contributed by atoms with Crippen LogP contribution in [0, 0.1) is 0 Å². The van der Waals surface area contributed by atoms with E-state index >= 15 is 0 Å². The van der Waals surface area contributed by atoms with E-state index in [4.69, 9.17) is 9.98 Å². The molecule has 5 nitrogen and oxygen atoms in total. The fourth-order valence-electron chi connectivity index (χ4n) is 7.77. The summed E-state index contributed by atoms with van der Waals surface area (Å²) in [4.78, 5) is 12.4. The van der Waals surface area contributed by atoms with E-state index in [9.17, 15) is 0 Å². The number of aliphatic imine (C=N–C) groups is 1. The zero-order valence-electron chi connectivity index (χ0n) is 28.9. The largest absolute Gasteiger partial charge is 0.360 e. The van der Waals surface area contributed by atoms with E-state index in [1.807, 2.05) is 24.4 Å². The van der Waals surface area contributed by atoms with Crippen LogP contribution in [0.15, 0.2) is 193 Å². The third-order valence-electron chi connectivity index (χ3n) is 10.3. The molecule has 0 spiro atoms. The number of rotatable bonds is 6. The smallest absolute Gasteiger partial charge is 0.145 e. The van der Waals surface area contributed by atoms with Gasteiger partial charge in [-0.15, -0.1) is 0 Å². The second kappa shape index (κ2) is 13.0. The van der Waals surface area contributed by atoms with Gasteiger partial charge in [0.1, 0.15) is 12.3 Å². The summed E-state index contributed by atoms with van der Waals surface area (Å²) in [6.07, 6.45) is 3.78. The quantitative estimate of drug-likeness (QED) is 0.172. The van der Waals surface area contributed by atoms with Gasteiger partial charge in [-0.3, -0.25) is 9.98 Å². The van der Waals surface area contributed by atoms with Crippen LogP contribution in [0.5, 0.6) is 0 Å². The normalized spacial score (nSPS) is 16.4. The monoisotopic (exact) mass is 681 g/mol. The van der Waals surface area contributed by atoms with E-state index in [-0.39, 0.29) is 12.3 Å². The first-order valence-corrected chi connectivity index (χ1v) is 18.1. The zero-order valence-corrected chi connectivity index (χ0v) is 28.9. The number of fused-ring (bicyclic) bond motifs is 6. The number of hydrogen-bond donors (Lipinski definition) is 2. The average Bonchev–Trinajstić information content (AvgIpc) is 3.66. The van der Waals surface area contributed by atoms with Crippen molar-refractivity contribution in [2.24, 2.45) is 4.99 Å². The summed E-state index contributed by atoms with van der Waals surface area (Å²) >= 11 is 0. The van der Waals surface area contributed by atoms with Crippen molar-refractivity contribution in [3.63, 3.8) is 0 Å². The first-order valence-electron chi connectivity index (χ1n) is 18.1. The lowest BCUT2D eigenvalue weighted by molar-refractivity contribution is 0.664. The molecule has 7 aromatic carbocycles. The Morgan fingerprint density at radius 2 is 1.08 bits per heavy atom. The number of hydrogen-bond acceptors (Lipinski definition) is 5. The third-order valence-corrected chi connectivity index (χ3v) is 10.3. The Morgan fingerprint density at radius 1 is 0.472 bits per heavy atom. The average molecular weight is 682 g/mol. The number of aromatic nitrogens is 1. The van der Waals surface area contributed by atoms with Gasteiger partial charge in [0.05, 0.1) is 22.6 Å². The van der Waals surface area contributed by atoms with E-state index in [1.54, 1.807) is 0 Å². The van der Waals surface area contributed by atoms with E-state index in [2.05, 4.69) is 179 Å². The van der Waals surface area contributed by atoms with Gasteiger partial charge in [-0.2, -0.15) is 0 Å². The molecule has 5 heteroatoms. The highest BCUT2D eigenvalue weighted by Gasteiger charge is 2.34. The molecular weight excluding hydrogens is 647 g/mol. The highest BCUT2D eigenvalue weighted by Crippen LogP contribution is 2.52. The molecule has 2 atom stereocenters. The number of allylic oxidation sites excluding steroid dienone is 1. The Morgan fingerprint density at radius 3 is 1.81 bits per heavy atom. The van der Waals surface area contributed by atoms with Crippen molar-refractivity contribution in [2.75, 3.05) is 10.2 Å². The second-order valence-corrected chi connectivity index (χ2v) is 13.5. The van der Waals surface area contributed by atoms with Crippen LogP contribution in [-0.2, 0) is 0 Å². The van der Waals surface area contributed by atoms with Crippen LogP contribution in [0.1, 0.15) is 34.6 Å². The second-order valence-electron chi connectivity index (χ2n) is 13.5. The maximum atomic E-state index is 5.09. The van der Waals surface area contributed by atoms with Crippen molar-refractivity contribution in [1.29, 1.82) is 0 Å². The SMILES string of the molecule is C1=C(c2ccc(-c3ccc(C4Nc5c(c6cccnc6c6ccccc56)N4c4ccccc4)cc3)cc2)NC(c2ccccc2)N=C1c1ccccc1. The van der Waals surface area contributed by atoms with Gasteiger partial charge in [-0.05, 0) is 63.7 Å². The molecular formula is C48H35N5.